The second-order valence-electron chi connectivity index (χ2n) is 10.4. The van der Waals surface area contributed by atoms with Crippen molar-refractivity contribution in [2.24, 2.45) is 0 Å². The fourth-order valence-electron chi connectivity index (χ4n) is 5.69. The van der Waals surface area contributed by atoms with Gasteiger partial charge in [0, 0.05) is 27.5 Å². The summed E-state index contributed by atoms with van der Waals surface area (Å²) in [5.41, 5.74) is 7.01. The van der Waals surface area contributed by atoms with E-state index in [1.807, 2.05) is 78.9 Å². The molecule has 200 valence electrons. The van der Waals surface area contributed by atoms with E-state index in [9.17, 15) is 5.26 Å². The summed E-state index contributed by atoms with van der Waals surface area (Å²) < 4.78 is 6.19. The van der Waals surface area contributed by atoms with Crippen molar-refractivity contribution in [1.82, 2.24) is 15.0 Å². The number of nitriles is 1. The molecule has 0 fully saturated rings. The molecule has 0 radical (unpaired) electrons. The normalized spacial score (nSPS) is 11.2. The minimum Gasteiger partial charge on any atom is -0.456 e. The largest absolute Gasteiger partial charge is 0.456 e. The quantitative estimate of drug-likeness (QED) is 0.218. The summed E-state index contributed by atoms with van der Waals surface area (Å²) in [5, 5.41) is 13.5. The smallest absolute Gasteiger partial charge is 0.164 e. The molecule has 0 aliphatic carbocycles. The number of nitrogens with zero attached hydrogens (tertiary/aromatic N) is 4. The molecule has 6 aromatic carbocycles. The van der Waals surface area contributed by atoms with E-state index in [-0.39, 0.29) is 0 Å². The SMILES string of the molecule is N#Cc1ccc2c(c1)oc1cc(-c3ccc(-c4nc(-c5ccccc5)nc(-c5ccccc5)n4)c4ccccc34)ccc12. The van der Waals surface area contributed by atoms with Crippen LogP contribution >= 0.6 is 0 Å². The van der Waals surface area contributed by atoms with Crippen LogP contribution in [-0.4, -0.2) is 15.0 Å². The molecule has 0 bridgehead atoms. The first kappa shape index (κ1) is 24.7. The van der Waals surface area contributed by atoms with Crippen molar-refractivity contribution in [3.05, 3.63) is 139 Å². The molecule has 0 aliphatic rings. The molecule has 0 amide bonds. The Balaban J connectivity index is 1.30. The summed E-state index contributed by atoms with van der Waals surface area (Å²) in [6, 6.07) is 46.6. The number of rotatable bonds is 4. The lowest BCUT2D eigenvalue weighted by atomic mass is 9.94. The predicted octanol–water partition coefficient (Wildman–Crippen LogP) is 9.46. The van der Waals surface area contributed by atoms with Crippen LogP contribution in [0.3, 0.4) is 0 Å². The van der Waals surface area contributed by atoms with Crippen LogP contribution in [-0.2, 0) is 0 Å². The zero-order chi connectivity index (χ0) is 28.8. The van der Waals surface area contributed by atoms with Crippen molar-refractivity contribution >= 4 is 32.7 Å². The van der Waals surface area contributed by atoms with Gasteiger partial charge in [-0.05, 0) is 58.3 Å². The molecule has 2 aromatic heterocycles. The van der Waals surface area contributed by atoms with E-state index in [1.54, 1.807) is 6.07 Å². The summed E-state index contributed by atoms with van der Waals surface area (Å²) in [5.74, 6) is 1.89. The molecule has 8 rings (SSSR count). The third-order valence-electron chi connectivity index (χ3n) is 7.78. The van der Waals surface area contributed by atoms with E-state index in [0.29, 0.717) is 28.6 Å². The van der Waals surface area contributed by atoms with Gasteiger partial charge in [0.25, 0.3) is 0 Å². The van der Waals surface area contributed by atoms with E-state index in [1.165, 1.54) is 0 Å². The number of hydrogen-bond donors (Lipinski definition) is 0. The van der Waals surface area contributed by atoms with E-state index >= 15 is 0 Å². The van der Waals surface area contributed by atoms with E-state index in [0.717, 1.165) is 54.9 Å². The number of fused-ring (bicyclic) bond motifs is 4. The number of aromatic nitrogens is 3. The average molecular weight is 551 g/mol. The molecule has 0 unspecified atom stereocenters. The standard InChI is InChI=1S/C38H22N4O/c39-23-24-15-17-31-32-18-16-27(22-35(32)43-34(31)21-24)28-19-20-33(30-14-8-7-13-29(28)30)38-41-36(25-9-3-1-4-10-25)40-37(42-38)26-11-5-2-6-12-26/h1-22H. The predicted molar refractivity (Wildman–Crippen MR) is 171 cm³/mol. The second-order valence-corrected chi connectivity index (χ2v) is 10.4. The van der Waals surface area contributed by atoms with Gasteiger partial charge in [-0.2, -0.15) is 5.26 Å². The fraction of sp³-hybridized carbons (Fsp3) is 0. The van der Waals surface area contributed by atoms with Gasteiger partial charge in [-0.3, -0.25) is 0 Å². The lowest BCUT2D eigenvalue weighted by Gasteiger charge is -2.13. The van der Waals surface area contributed by atoms with E-state index in [4.69, 9.17) is 19.4 Å². The molecule has 0 spiro atoms. The molecular formula is C38H22N4O. The Morgan fingerprint density at radius 1 is 0.442 bits per heavy atom. The minimum atomic E-state index is 0.581. The van der Waals surface area contributed by atoms with Crippen molar-refractivity contribution in [2.75, 3.05) is 0 Å². The zero-order valence-electron chi connectivity index (χ0n) is 22.9. The minimum absolute atomic E-state index is 0.581. The molecular weight excluding hydrogens is 528 g/mol. The first-order valence-electron chi connectivity index (χ1n) is 14.0. The van der Waals surface area contributed by atoms with Gasteiger partial charge in [0.1, 0.15) is 11.2 Å². The van der Waals surface area contributed by atoms with Crippen LogP contribution < -0.4 is 0 Å². The van der Waals surface area contributed by atoms with Gasteiger partial charge >= 0.3 is 0 Å². The zero-order valence-corrected chi connectivity index (χ0v) is 22.9. The second kappa shape index (κ2) is 10.1. The molecule has 5 nitrogen and oxygen atoms in total. The molecule has 0 saturated carbocycles. The van der Waals surface area contributed by atoms with Gasteiger partial charge < -0.3 is 4.42 Å². The molecule has 0 atom stereocenters. The van der Waals surface area contributed by atoms with Crippen molar-refractivity contribution in [3.63, 3.8) is 0 Å². The van der Waals surface area contributed by atoms with Gasteiger partial charge in [-0.25, -0.2) is 15.0 Å². The Labute approximate surface area is 247 Å². The molecule has 0 N–H and O–H groups in total. The molecule has 43 heavy (non-hydrogen) atoms. The highest BCUT2D eigenvalue weighted by Crippen LogP contribution is 2.38. The van der Waals surface area contributed by atoms with Gasteiger partial charge in [-0.1, -0.05) is 97.1 Å². The summed E-state index contributed by atoms with van der Waals surface area (Å²) in [4.78, 5) is 14.8. The van der Waals surface area contributed by atoms with Crippen molar-refractivity contribution in [2.45, 2.75) is 0 Å². The van der Waals surface area contributed by atoms with Crippen LogP contribution in [0.15, 0.2) is 138 Å². The molecule has 8 aromatic rings. The van der Waals surface area contributed by atoms with Crippen LogP contribution in [0.2, 0.25) is 0 Å². The van der Waals surface area contributed by atoms with Gasteiger partial charge in [-0.15, -0.1) is 0 Å². The number of furan rings is 1. The van der Waals surface area contributed by atoms with Gasteiger partial charge in [0.05, 0.1) is 11.6 Å². The summed E-state index contributed by atoms with van der Waals surface area (Å²) in [6.45, 7) is 0. The maximum absolute atomic E-state index is 9.31. The van der Waals surface area contributed by atoms with Crippen LogP contribution in [0.25, 0.3) is 78.0 Å². The van der Waals surface area contributed by atoms with Gasteiger partial charge in [0.15, 0.2) is 17.5 Å². The topological polar surface area (TPSA) is 75.6 Å². The van der Waals surface area contributed by atoms with Crippen LogP contribution in [0.5, 0.6) is 0 Å². The average Bonchev–Trinajstić information content (AvgIpc) is 3.45. The summed E-state index contributed by atoms with van der Waals surface area (Å²) in [6.07, 6.45) is 0. The monoisotopic (exact) mass is 550 g/mol. The third-order valence-corrected chi connectivity index (χ3v) is 7.78. The Morgan fingerprint density at radius 2 is 0.977 bits per heavy atom. The number of benzene rings is 6. The summed E-state index contributed by atoms with van der Waals surface area (Å²) >= 11 is 0. The highest BCUT2D eigenvalue weighted by atomic mass is 16.3. The van der Waals surface area contributed by atoms with Crippen molar-refractivity contribution in [1.29, 1.82) is 5.26 Å². The Hall–Kier alpha value is -6.12. The molecule has 5 heteroatoms. The maximum Gasteiger partial charge on any atom is 0.164 e. The van der Waals surface area contributed by atoms with Crippen LogP contribution in [0, 0.1) is 11.3 Å². The number of hydrogen-bond acceptors (Lipinski definition) is 5. The Morgan fingerprint density at radius 3 is 1.63 bits per heavy atom. The highest BCUT2D eigenvalue weighted by molar-refractivity contribution is 6.08. The van der Waals surface area contributed by atoms with E-state index in [2.05, 4.69) is 54.6 Å². The van der Waals surface area contributed by atoms with Crippen LogP contribution in [0.4, 0.5) is 0 Å². The van der Waals surface area contributed by atoms with Gasteiger partial charge in [0.2, 0.25) is 0 Å². The summed E-state index contributed by atoms with van der Waals surface area (Å²) in [7, 11) is 0. The Kier molecular flexibility index (Phi) is 5.77. The maximum atomic E-state index is 9.31. The molecule has 0 aliphatic heterocycles. The first-order valence-corrected chi connectivity index (χ1v) is 14.0. The molecule has 2 heterocycles. The van der Waals surface area contributed by atoms with Crippen molar-refractivity contribution in [3.8, 4) is 51.4 Å². The highest BCUT2D eigenvalue weighted by Gasteiger charge is 2.17. The molecule has 0 saturated heterocycles. The lowest BCUT2D eigenvalue weighted by molar-refractivity contribution is 0.669. The Bertz CT molecular complexity index is 2300. The lowest BCUT2D eigenvalue weighted by Crippen LogP contribution is -2.00. The van der Waals surface area contributed by atoms with Crippen molar-refractivity contribution < 1.29 is 4.42 Å². The first-order chi connectivity index (χ1) is 21.2. The third kappa shape index (κ3) is 4.30. The van der Waals surface area contributed by atoms with E-state index < -0.39 is 0 Å². The van der Waals surface area contributed by atoms with Crippen LogP contribution in [0.1, 0.15) is 5.56 Å². The fourth-order valence-corrected chi connectivity index (χ4v) is 5.69.